The molecule has 0 saturated carbocycles. The highest BCUT2D eigenvalue weighted by molar-refractivity contribution is 5.20. The molecule has 0 heterocycles. The van der Waals surface area contributed by atoms with E-state index in [2.05, 4.69) is 39.5 Å². The van der Waals surface area contributed by atoms with Crippen molar-refractivity contribution in [3.8, 4) is 11.8 Å². The minimum Gasteiger partial charge on any atom is -0.366 e. The van der Waals surface area contributed by atoms with E-state index in [0.717, 1.165) is 38.5 Å². The molecular formula is C16H30O2. The molecule has 2 heteroatoms. The van der Waals surface area contributed by atoms with E-state index in [0.29, 0.717) is 0 Å². The molecule has 106 valence electrons. The van der Waals surface area contributed by atoms with E-state index >= 15 is 0 Å². The summed E-state index contributed by atoms with van der Waals surface area (Å²) in [6.45, 7) is 8.49. The van der Waals surface area contributed by atoms with Crippen LogP contribution >= 0.6 is 0 Å². The third-order valence-corrected chi connectivity index (χ3v) is 3.51. The topological polar surface area (TPSA) is 18.5 Å². The van der Waals surface area contributed by atoms with Crippen LogP contribution in [0, 0.1) is 11.8 Å². The van der Waals surface area contributed by atoms with Crippen LogP contribution in [0.4, 0.5) is 0 Å². The summed E-state index contributed by atoms with van der Waals surface area (Å²) in [4.78, 5) is 0. The maximum Gasteiger partial charge on any atom is 0.125 e. The molecule has 0 aromatic carbocycles. The summed E-state index contributed by atoms with van der Waals surface area (Å²) in [5.41, 5.74) is -0.690. The summed E-state index contributed by atoms with van der Waals surface area (Å²) >= 11 is 0. The van der Waals surface area contributed by atoms with Gasteiger partial charge in [0.1, 0.15) is 11.2 Å². The molecule has 0 radical (unpaired) electrons. The van der Waals surface area contributed by atoms with Gasteiger partial charge in [-0.2, -0.15) is 0 Å². The minimum atomic E-state index is -0.345. The number of methoxy groups -OCH3 is 2. The van der Waals surface area contributed by atoms with Crippen molar-refractivity contribution < 1.29 is 9.47 Å². The van der Waals surface area contributed by atoms with Gasteiger partial charge in [-0.1, -0.05) is 38.5 Å². The fourth-order valence-corrected chi connectivity index (χ4v) is 1.72. The fourth-order valence-electron chi connectivity index (χ4n) is 1.72. The van der Waals surface area contributed by atoms with Crippen LogP contribution in [-0.2, 0) is 9.47 Å². The molecular weight excluding hydrogens is 224 g/mol. The van der Waals surface area contributed by atoms with Crippen LogP contribution in [0.15, 0.2) is 0 Å². The molecule has 0 aromatic heterocycles. The molecule has 0 bridgehead atoms. The lowest BCUT2D eigenvalue weighted by molar-refractivity contribution is 0.0383. The number of ether oxygens (including phenoxy) is 2. The molecule has 0 amide bonds. The van der Waals surface area contributed by atoms with Gasteiger partial charge in [-0.25, -0.2) is 0 Å². The van der Waals surface area contributed by atoms with Crippen LogP contribution < -0.4 is 0 Å². The van der Waals surface area contributed by atoms with E-state index in [9.17, 15) is 0 Å². The summed E-state index contributed by atoms with van der Waals surface area (Å²) < 4.78 is 11.1. The van der Waals surface area contributed by atoms with Crippen molar-refractivity contribution >= 4 is 0 Å². The largest absolute Gasteiger partial charge is 0.366 e. The lowest BCUT2D eigenvalue weighted by Crippen LogP contribution is -2.29. The Balaban J connectivity index is 4.73. The second-order valence-electron chi connectivity index (χ2n) is 5.33. The second-order valence-corrected chi connectivity index (χ2v) is 5.33. The summed E-state index contributed by atoms with van der Waals surface area (Å²) in [6, 6.07) is 0. The highest BCUT2D eigenvalue weighted by atomic mass is 16.5. The molecule has 2 nitrogen and oxygen atoms in total. The zero-order chi connectivity index (χ0) is 14.1. The van der Waals surface area contributed by atoms with Crippen molar-refractivity contribution in [1.82, 2.24) is 0 Å². The molecule has 0 N–H and O–H groups in total. The van der Waals surface area contributed by atoms with Gasteiger partial charge in [0.15, 0.2) is 0 Å². The maximum atomic E-state index is 5.56. The lowest BCUT2D eigenvalue weighted by atomic mass is 9.95. The molecule has 0 aliphatic heterocycles. The highest BCUT2D eigenvalue weighted by Gasteiger charge is 2.23. The van der Waals surface area contributed by atoms with Crippen LogP contribution in [0.5, 0.6) is 0 Å². The molecule has 0 spiro atoms. The van der Waals surface area contributed by atoms with E-state index < -0.39 is 0 Å². The van der Waals surface area contributed by atoms with Gasteiger partial charge in [-0.15, -0.1) is 0 Å². The minimum absolute atomic E-state index is 0.345. The van der Waals surface area contributed by atoms with E-state index in [1.165, 1.54) is 0 Å². The Morgan fingerprint density at radius 3 is 1.33 bits per heavy atom. The normalized spacial score (nSPS) is 17.4. The Morgan fingerprint density at radius 2 is 1.11 bits per heavy atom. The van der Waals surface area contributed by atoms with Crippen LogP contribution in [0.2, 0.25) is 0 Å². The first-order valence-electron chi connectivity index (χ1n) is 7.10. The van der Waals surface area contributed by atoms with Crippen molar-refractivity contribution in [2.45, 2.75) is 77.4 Å². The molecule has 18 heavy (non-hydrogen) atoms. The van der Waals surface area contributed by atoms with Crippen molar-refractivity contribution in [1.29, 1.82) is 0 Å². The van der Waals surface area contributed by atoms with Crippen LogP contribution in [0.1, 0.15) is 66.2 Å². The Kier molecular flexibility index (Phi) is 8.31. The van der Waals surface area contributed by atoms with Gasteiger partial charge in [0.05, 0.1) is 0 Å². The monoisotopic (exact) mass is 254 g/mol. The molecule has 0 rings (SSSR count). The molecule has 0 aromatic rings. The van der Waals surface area contributed by atoms with Crippen molar-refractivity contribution in [2.75, 3.05) is 14.2 Å². The molecule has 2 atom stereocenters. The van der Waals surface area contributed by atoms with E-state index in [-0.39, 0.29) is 11.2 Å². The SMILES string of the molecule is CCCCC(C)(C#CC(C)(CCCC)OC)OC. The van der Waals surface area contributed by atoms with Crippen molar-refractivity contribution in [2.24, 2.45) is 0 Å². The summed E-state index contributed by atoms with van der Waals surface area (Å²) in [5, 5.41) is 0. The van der Waals surface area contributed by atoms with Crippen molar-refractivity contribution in [3.63, 3.8) is 0 Å². The van der Waals surface area contributed by atoms with Crippen LogP contribution in [0.25, 0.3) is 0 Å². The molecule has 0 aliphatic rings. The quantitative estimate of drug-likeness (QED) is 0.605. The summed E-state index contributed by atoms with van der Waals surface area (Å²) in [6.07, 6.45) is 6.55. The average molecular weight is 254 g/mol. The number of unbranched alkanes of at least 4 members (excludes halogenated alkanes) is 2. The van der Waals surface area contributed by atoms with E-state index in [4.69, 9.17) is 9.47 Å². The van der Waals surface area contributed by atoms with Crippen LogP contribution in [0.3, 0.4) is 0 Å². The van der Waals surface area contributed by atoms with Gasteiger partial charge < -0.3 is 9.47 Å². The Morgan fingerprint density at radius 1 is 0.778 bits per heavy atom. The van der Waals surface area contributed by atoms with E-state index in [1.807, 2.05) is 0 Å². The van der Waals surface area contributed by atoms with Crippen molar-refractivity contribution in [3.05, 3.63) is 0 Å². The number of hydrogen-bond acceptors (Lipinski definition) is 2. The first-order chi connectivity index (χ1) is 8.45. The van der Waals surface area contributed by atoms with Gasteiger partial charge in [0, 0.05) is 14.2 Å². The fraction of sp³-hybridized carbons (Fsp3) is 0.875. The average Bonchev–Trinajstić information content (AvgIpc) is 2.40. The molecule has 0 aliphatic carbocycles. The van der Waals surface area contributed by atoms with Gasteiger partial charge in [-0.3, -0.25) is 0 Å². The third-order valence-electron chi connectivity index (χ3n) is 3.51. The number of hydrogen-bond donors (Lipinski definition) is 0. The summed E-state index contributed by atoms with van der Waals surface area (Å²) in [5.74, 6) is 6.57. The predicted molar refractivity (Wildman–Crippen MR) is 77.7 cm³/mol. The second kappa shape index (κ2) is 8.56. The Bertz CT molecular complexity index is 251. The third kappa shape index (κ3) is 6.42. The van der Waals surface area contributed by atoms with Gasteiger partial charge >= 0.3 is 0 Å². The maximum absolute atomic E-state index is 5.56. The smallest absolute Gasteiger partial charge is 0.125 e. The molecule has 2 unspecified atom stereocenters. The molecule has 0 fully saturated rings. The predicted octanol–water partition coefficient (Wildman–Crippen LogP) is 4.18. The Labute approximate surface area is 113 Å². The van der Waals surface area contributed by atoms with Gasteiger partial charge in [0.25, 0.3) is 0 Å². The number of rotatable bonds is 8. The lowest BCUT2D eigenvalue weighted by Gasteiger charge is -2.25. The zero-order valence-electron chi connectivity index (χ0n) is 13.1. The first kappa shape index (κ1) is 17.5. The first-order valence-corrected chi connectivity index (χ1v) is 7.10. The van der Waals surface area contributed by atoms with Gasteiger partial charge in [-0.05, 0) is 39.5 Å². The standard InChI is InChI=1S/C16H30O2/c1-7-9-11-15(3,17-5)13-14-16(4,18-6)12-10-8-2/h7-12H2,1-6H3. The van der Waals surface area contributed by atoms with Crippen LogP contribution in [-0.4, -0.2) is 25.4 Å². The van der Waals surface area contributed by atoms with E-state index in [1.54, 1.807) is 14.2 Å². The summed E-state index contributed by atoms with van der Waals surface area (Å²) in [7, 11) is 3.47. The van der Waals surface area contributed by atoms with Gasteiger partial charge in [0.2, 0.25) is 0 Å². The highest BCUT2D eigenvalue weighted by Crippen LogP contribution is 2.20. The molecule has 0 saturated heterocycles. The Hall–Kier alpha value is -0.520. The zero-order valence-corrected chi connectivity index (χ0v) is 13.1.